The van der Waals surface area contributed by atoms with Gasteiger partial charge in [0.25, 0.3) is 0 Å². The van der Waals surface area contributed by atoms with Gasteiger partial charge in [-0.05, 0) is 65.5 Å². The van der Waals surface area contributed by atoms with E-state index in [4.69, 9.17) is 11.5 Å². The van der Waals surface area contributed by atoms with Crippen LogP contribution in [0.15, 0.2) is 22.7 Å². The molecule has 4 nitrogen and oxygen atoms in total. The number of likely N-dealkylation sites (tertiary alicyclic amines) is 1. The Morgan fingerprint density at radius 3 is 2.63 bits per heavy atom. The number of nitrogen functional groups attached to an aromatic ring is 1. The van der Waals surface area contributed by atoms with Crippen molar-refractivity contribution < 1.29 is 4.79 Å². The highest BCUT2D eigenvalue weighted by Crippen LogP contribution is 2.24. The van der Waals surface area contributed by atoms with Crippen LogP contribution in [0.2, 0.25) is 0 Å². The van der Waals surface area contributed by atoms with Gasteiger partial charge >= 0.3 is 0 Å². The standard InChI is InChI=1S/C14H20BrN3O/c15-12-2-1-11(7-13(12)16)9-18-5-3-10(4-6-18)8-14(17)19/h1-2,7,10H,3-6,8-9,16H2,(H2,17,19). The molecule has 0 unspecified atom stereocenters. The second kappa shape index (κ2) is 6.39. The van der Waals surface area contributed by atoms with Gasteiger partial charge in [0.05, 0.1) is 0 Å². The van der Waals surface area contributed by atoms with Gasteiger partial charge in [-0.15, -0.1) is 0 Å². The van der Waals surface area contributed by atoms with Crippen molar-refractivity contribution in [3.63, 3.8) is 0 Å². The summed E-state index contributed by atoms with van der Waals surface area (Å²) in [5.74, 6) is 0.280. The van der Waals surface area contributed by atoms with E-state index < -0.39 is 0 Å². The van der Waals surface area contributed by atoms with E-state index in [-0.39, 0.29) is 5.91 Å². The molecule has 0 saturated carbocycles. The maximum absolute atomic E-state index is 10.9. The number of amides is 1. The largest absolute Gasteiger partial charge is 0.398 e. The van der Waals surface area contributed by atoms with Crippen LogP contribution in [0, 0.1) is 5.92 Å². The minimum atomic E-state index is -0.181. The number of carbonyl (C=O) groups excluding carboxylic acids is 1. The number of rotatable bonds is 4. The molecule has 1 aliphatic rings. The van der Waals surface area contributed by atoms with E-state index in [1.54, 1.807) is 0 Å². The zero-order valence-electron chi connectivity index (χ0n) is 10.9. The number of anilines is 1. The van der Waals surface area contributed by atoms with Crippen molar-refractivity contribution in [2.45, 2.75) is 25.8 Å². The number of piperidine rings is 1. The lowest BCUT2D eigenvalue weighted by molar-refractivity contribution is -0.119. The summed E-state index contributed by atoms with van der Waals surface area (Å²) in [6.07, 6.45) is 2.63. The molecule has 1 fully saturated rings. The van der Waals surface area contributed by atoms with E-state index in [1.807, 2.05) is 12.1 Å². The smallest absolute Gasteiger partial charge is 0.217 e. The molecule has 19 heavy (non-hydrogen) atoms. The van der Waals surface area contributed by atoms with Gasteiger partial charge in [-0.2, -0.15) is 0 Å². The third-order valence-electron chi connectivity index (χ3n) is 3.66. The molecule has 2 rings (SSSR count). The van der Waals surface area contributed by atoms with E-state index >= 15 is 0 Å². The predicted molar refractivity (Wildman–Crippen MR) is 80.4 cm³/mol. The number of hydrogen-bond donors (Lipinski definition) is 2. The maximum Gasteiger partial charge on any atom is 0.217 e. The molecule has 1 amide bonds. The van der Waals surface area contributed by atoms with Crippen molar-refractivity contribution in [3.05, 3.63) is 28.2 Å². The number of carbonyl (C=O) groups is 1. The minimum Gasteiger partial charge on any atom is -0.398 e. The van der Waals surface area contributed by atoms with Gasteiger partial charge in [0.15, 0.2) is 0 Å². The Morgan fingerprint density at radius 1 is 1.37 bits per heavy atom. The molecule has 0 bridgehead atoms. The zero-order valence-corrected chi connectivity index (χ0v) is 12.5. The van der Waals surface area contributed by atoms with Gasteiger partial charge < -0.3 is 11.5 Å². The van der Waals surface area contributed by atoms with Crippen LogP contribution in [-0.4, -0.2) is 23.9 Å². The first-order valence-electron chi connectivity index (χ1n) is 6.59. The van der Waals surface area contributed by atoms with Crippen LogP contribution in [0.3, 0.4) is 0 Å². The van der Waals surface area contributed by atoms with E-state index in [9.17, 15) is 4.79 Å². The molecule has 104 valence electrons. The molecule has 1 aromatic carbocycles. The number of nitrogens with two attached hydrogens (primary N) is 2. The highest BCUT2D eigenvalue weighted by Gasteiger charge is 2.20. The maximum atomic E-state index is 10.9. The summed E-state index contributed by atoms with van der Waals surface area (Å²) in [4.78, 5) is 13.3. The molecular formula is C14H20BrN3O. The van der Waals surface area contributed by atoms with Crippen molar-refractivity contribution in [1.82, 2.24) is 4.90 Å². The number of nitrogens with zero attached hydrogens (tertiary/aromatic N) is 1. The van der Waals surface area contributed by atoms with Gasteiger partial charge in [-0.3, -0.25) is 9.69 Å². The Bertz CT molecular complexity index is 456. The fraction of sp³-hybridized carbons (Fsp3) is 0.500. The SMILES string of the molecule is NC(=O)CC1CCN(Cc2ccc(Br)c(N)c2)CC1. The molecule has 1 heterocycles. The van der Waals surface area contributed by atoms with Gasteiger partial charge in [-0.25, -0.2) is 0 Å². The average Bonchev–Trinajstić information content (AvgIpc) is 2.36. The van der Waals surface area contributed by atoms with Crippen LogP contribution in [0.4, 0.5) is 5.69 Å². The summed E-state index contributed by atoms with van der Waals surface area (Å²) in [6, 6.07) is 6.10. The van der Waals surface area contributed by atoms with Gasteiger partial charge in [0.2, 0.25) is 5.91 Å². The number of primary amides is 1. The lowest BCUT2D eigenvalue weighted by Crippen LogP contribution is -2.34. The number of benzene rings is 1. The van der Waals surface area contributed by atoms with Crippen LogP contribution in [0.1, 0.15) is 24.8 Å². The van der Waals surface area contributed by atoms with E-state index in [1.165, 1.54) is 5.56 Å². The van der Waals surface area contributed by atoms with E-state index in [0.29, 0.717) is 12.3 Å². The summed E-state index contributed by atoms with van der Waals surface area (Å²) in [6.45, 7) is 2.96. The Labute approximate surface area is 122 Å². The molecule has 0 atom stereocenters. The topological polar surface area (TPSA) is 72.4 Å². The van der Waals surface area contributed by atoms with Crippen molar-refractivity contribution in [2.75, 3.05) is 18.8 Å². The van der Waals surface area contributed by atoms with Crippen LogP contribution in [0.5, 0.6) is 0 Å². The fourth-order valence-corrected chi connectivity index (χ4v) is 2.83. The molecule has 1 aromatic rings. The summed E-state index contributed by atoms with van der Waals surface area (Å²) >= 11 is 3.40. The summed E-state index contributed by atoms with van der Waals surface area (Å²) in [5.41, 5.74) is 13.1. The van der Waals surface area contributed by atoms with Gasteiger partial charge in [0, 0.05) is 23.1 Å². The molecule has 1 aliphatic heterocycles. The van der Waals surface area contributed by atoms with Crippen LogP contribution < -0.4 is 11.5 Å². The first-order chi connectivity index (χ1) is 9.04. The first-order valence-corrected chi connectivity index (χ1v) is 7.38. The molecule has 4 N–H and O–H groups in total. The molecule has 5 heteroatoms. The van der Waals surface area contributed by atoms with Crippen molar-refractivity contribution in [2.24, 2.45) is 11.7 Å². The predicted octanol–water partition coefficient (Wildman–Crippen LogP) is 2.12. The van der Waals surface area contributed by atoms with Crippen LogP contribution in [-0.2, 0) is 11.3 Å². The highest BCUT2D eigenvalue weighted by molar-refractivity contribution is 9.10. The van der Waals surface area contributed by atoms with Gasteiger partial charge in [-0.1, -0.05) is 6.07 Å². The van der Waals surface area contributed by atoms with Gasteiger partial charge in [0.1, 0.15) is 0 Å². The molecule has 1 saturated heterocycles. The molecule has 0 radical (unpaired) electrons. The summed E-state index contributed by atoms with van der Waals surface area (Å²) < 4.78 is 0.941. The first kappa shape index (κ1) is 14.3. The lowest BCUT2D eigenvalue weighted by Gasteiger charge is -2.31. The van der Waals surface area contributed by atoms with Crippen LogP contribution in [0.25, 0.3) is 0 Å². The highest BCUT2D eigenvalue weighted by atomic mass is 79.9. The van der Waals surface area contributed by atoms with Crippen LogP contribution >= 0.6 is 15.9 Å². The second-order valence-electron chi connectivity index (χ2n) is 5.25. The number of hydrogen-bond acceptors (Lipinski definition) is 3. The Hall–Kier alpha value is -1.07. The third kappa shape index (κ3) is 4.21. The average molecular weight is 326 g/mol. The molecule has 0 aromatic heterocycles. The number of halogens is 1. The molecule has 0 spiro atoms. The van der Waals surface area contributed by atoms with Crippen molar-refractivity contribution in [3.8, 4) is 0 Å². The zero-order chi connectivity index (χ0) is 13.8. The summed E-state index contributed by atoms with van der Waals surface area (Å²) in [7, 11) is 0. The normalized spacial score (nSPS) is 17.5. The third-order valence-corrected chi connectivity index (χ3v) is 4.39. The second-order valence-corrected chi connectivity index (χ2v) is 6.10. The van der Waals surface area contributed by atoms with E-state index in [2.05, 4.69) is 26.9 Å². The molecular weight excluding hydrogens is 306 g/mol. The Morgan fingerprint density at radius 2 is 2.05 bits per heavy atom. The lowest BCUT2D eigenvalue weighted by atomic mass is 9.93. The fourth-order valence-electron chi connectivity index (χ4n) is 2.58. The van der Waals surface area contributed by atoms with E-state index in [0.717, 1.165) is 42.6 Å². The molecule has 0 aliphatic carbocycles. The van der Waals surface area contributed by atoms with Crippen molar-refractivity contribution >= 4 is 27.5 Å². The quantitative estimate of drug-likeness (QED) is 0.833. The minimum absolute atomic E-state index is 0.181. The Balaban J connectivity index is 1.85. The summed E-state index contributed by atoms with van der Waals surface area (Å²) in [5, 5.41) is 0. The Kier molecular flexibility index (Phi) is 4.82. The van der Waals surface area contributed by atoms with Crippen molar-refractivity contribution in [1.29, 1.82) is 0 Å². The monoisotopic (exact) mass is 325 g/mol.